The number of imidazole rings is 1. The molecule has 8 heteroatoms. The first kappa shape index (κ1) is 14.9. The first-order chi connectivity index (χ1) is 11.7. The molecule has 1 amide bonds. The maximum atomic E-state index is 11.2. The fraction of sp³-hybridized carbons (Fsp3) is 0.312. The lowest BCUT2D eigenvalue weighted by Crippen LogP contribution is -2.32. The summed E-state index contributed by atoms with van der Waals surface area (Å²) in [5, 5.41) is 0.811. The van der Waals surface area contributed by atoms with Gasteiger partial charge < -0.3 is 9.47 Å². The van der Waals surface area contributed by atoms with Gasteiger partial charge in [-0.3, -0.25) is 9.78 Å². The molecule has 0 bridgehead atoms. The Morgan fingerprint density at radius 1 is 1.25 bits per heavy atom. The van der Waals surface area contributed by atoms with E-state index in [4.69, 9.17) is 4.98 Å². The van der Waals surface area contributed by atoms with Crippen LogP contribution in [0.1, 0.15) is 17.1 Å². The van der Waals surface area contributed by atoms with Crippen molar-refractivity contribution < 1.29 is 4.79 Å². The molecule has 0 radical (unpaired) electrons. The first-order valence-electron chi connectivity index (χ1n) is 7.68. The van der Waals surface area contributed by atoms with Crippen molar-refractivity contribution in [1.82, 2.24) is 28.8 Å². The molecule has 3 aromatic rings. The molecule has 0 saturated carbocycles. The van der Waals surface area contributed by atoms with Gasteiger partial charge in [-0.2, -0.15) is 4.37 Å². The molecule has 7 nitrogen and oxygen atoms in total. The van der Waals surface area contributed by atoms with E-state index in [0.717, 1.165) is 45.6 Å². The lowest BCUT2D eigenvalue weighted by Gasteiger charge is -2.26. The lowest BCUT2D eigenvalue weighted by molar-refractivity contribution is -0.119. The second-order valence-electron chi connectivity index (χ2n) is 5.80. The van der Waals surface area contributed by atoms with Crippen LogP contribution in [-0.4, -0.2) is 41.7 Å². The summed E-state index contributed by atoms with van der Waals surface area (Å²) >= 11 is 1.35. The molecule has 0 N–H and O–H groups in total. The van der Waals surface area contributed by atoms with Crippen LogP contribution in [-0.2, 0) is 17.9 Å². The van der Waals surface area contributed by atoms with Crippen molar-refractivity contribution in [2.75, 3.05) is 6.54 Å². The molecule has 0 spiro atoms. The molecule has 0 saturated heterocycles. The molecule has 3 aromatic heterocycles. The van der Waals surface area contributed by atoms with Crippen molar-refractivity contribution >= 4 is 17.9 Å². The molecule has 1 aliphatic rings. The van der Waals surface area contributed by atoms with Gasteiger partial charge in [-0.25, -0.2) is 9.97 Å². The smallest absolute Gasteiger partial charge is 0.210 e. The average Bonchev–Trinajstić information content (AvgIpc) is 3.18. The zero-order valence-electron chi connectivity index (χ0n) is 13.4. The Morgan fingerprint density at radius 3 is 2.83 bits per heavy atom. The molecular formula is C16H16N6OS. The maximum absolute atomic E-state index is 11.2. The van der Waals surface area contributed by atoms with E-state index in [9.17, 15) is 4.79 Å². The first-order valence-corrected chi connectivity index (χ1v) is 8.45. The predicted molar refractivity (Wildman–Crippen MR) is 90.3 cm³/mol. The molecule has 1 aliphatic heterocycles. The van der Waals surface area contributed by atoms with Crippen LogP contribution in [0.25, 0.3) is 22.1 Å². The van der Waals surface area contributed by atoms with Gasteiger partial charge >= 0.3 is 0 Å². The zero-order valence-corrected chi connectivity index (χ0v) is 14.2. The Balaban J connectivity index is 1.92. The Hall–Kier alpha value is -2.61. The minimum absolute atomic E-state index is 0.547. The van der Waals surface area contributed by atoms with E-state index >= 15 is 0 Å². The molecule has 4 heterocycles. The van der Waals surface area contributed by atoms with Crippen molar-refractivity contribution in [2.24, 2.45) is 0 Å². The fourth-order valence-electron chi connectivity index (χ4n) is 2.98. The Kier molecular flexibility index (Phi) is 3.61. The van der Waals surface area contributed by atoms with Crippen LogP contribution >= 0.6 is 11.5 Å². The number of aromatic nitrogens is 5. The highest BCUT2D eigenvalue weighted by Gasteiger charge is 2.26. The van der Waals surface area contributed by atoms with Crippen LogP contribution in [0.4, 0.5) is 0 Å². The van der Waals surface area contributed by atoms with Gasteiger partial charge in [-0.15, -0.1) is 0 Å². The molecule has 0 fully saturated rings. The Bertz CT molecular complexity index is 915. The highest BCUT2D eigenvalue weighted by Crippen LogP contribution is 2.33. The number of hydrogen-bond acceptors (Lipinski definition) is 6. The van der Waals surface area contributed by atoms with Crippen molar-refractivity contribution in [3.8, 4) is 22.1 Å². The number of carbonyl (C=O) groups excluding carboxylic acids is 1. The Morgan fingerprint density at radius 2 is 2.12 bits per heavy atom. The van der Waals surface area contributed by atoms with Crippen LogP contribution in [0.2, 0.25) is 0 Å². The molecule has 0 unspecified atom stereocenters. The van der Waals surface area contributed by atoms with E-state index in [1.807, 2.05) is 26.1 Å². The van der Waals surface area contributed by atoms with Gasteiger partial charge in [0.05, 0.1) is 17.9 Å². The van der Waals surface area contributed by atoms with Gasteiger partial charge in [0.15, 0.2) is 10.8 Å². The number of aryl methyl sites for hydroxylation is 2. The van der Waals surface area contributed by atoms with Crippen molar-refractivity contribution in [3.63, 3.8) is 0 Å². The van der Waals surface area contributed by atoms with E-state index in [0.29, 0.717) is 19.6 Å². The van der Waals surface area contributed by atoms with Gasteiger partial charge in [-0.1, -0.05) is 0 Å². The van der Waals surface area contributed by atoms with E-state index in [1.165, 1.54) is 11.5 Å². The second-order valence-corrected chi connectivity index (χ2v) is 6.55. The van der Waals surface area contributed by atoms with Gasteiger partial charge in [-0.05, 0) is 37.0 Å². The largest absolute Gasteiger partial charge is 0.338 e. The van der Waals surface area contributed by atoms with Crippen LogP contribution in [0, 0.1) is 13.8 Å². The molecule has 122 valence electrons. The minimum Gasteiger partial charge on any atom is -0.338 e. The highest BCUT2D eigenvalue weighted by atomic mass is 32.1. The number of amides is 1. The predicted octanol–water partition coefficient (Wildman–Crippen LogP) is 2.05. The average molecular weight is 340 g/mol. The van der Waals surface area contributed by atoms with Crippen molar-refractivity contribution in [1.29, 1.82) is 0 Å². The topological polar surface area (TPSA) is 76.8 Å². The summed E-state index contributed by atoms with van der Waals surface area (Å²) < 4.78 is 6.44. The highest BCUT2D eigenvalue weighted by molar-refractivity contribution is 7.09. The minimum atomic E-state index is 0.547. The summed E-state index contributed by atoms with van der Waals surface area (Å²) in [5.41, 5.74) is 4.02. The van der Waals surface area contributed by atoms with Crippen molar-refractivity contribution in [2.45, 2.75) is 26.9 Å². The molecule has 24 heavy (non-hydrogen) atoms. The zero-order chi connectivity index (χ0) is 16.7. The van der Waals surface area contributed by atoms with Crippen LogP contribution in [0.5, 0.6) is 0 Å². The number of nitrogens with zero attached hydrogens (tertiary/aromatic N) is 6. The molecule has 0 aromatic carbocycles. The van der Waals surface area contributed by atoms with E-state index in [1.54, 1.807) is 11.1 Å². The number of hydrogen-bond donors (Lipinski definition) is 0. The standard InChI is InChI=1S/C16H16N6OS/c1-10-7-17-4-3-12(10)14-13-8-21(9-23)5-6-22(13)15(19-14)16-18-11(2)20-24-16/h3-4,7,9H,5-6,8H2,1-2H3. The molecule has 4 rings (SSSR count). The third-order valence-corrected chi connectivity index (χ3v) is 4.98. The number of pyridine rings is 1. The Labute approximate surface area is 143 Å². The van der Waals surface area contributed by atoms with Crippen LogP contribution < -0.4 is 0 Å². The van der Waals surface area contributed by atoms with E-state index in [2.05, 4.69) is 18.9 Å². The van der Waals surface area contributed by atoms with Gasteiger partial charge in [0.1, 0.15) is 5.82 Å². The van der Waals surface area contributed by atoms with Crippen LogP contribution in [0.3, 0.4) is 0 Å². The summed E-state index contributed by atoms with van der Waals surface area (Å²) in [4.78, 5) is 26.5. The van der Waals surface area contributed by atoms with Gasteiger partial charge in [0.2, 0.25) is 6.41 Å². The summed E-state index contributed by atoms with van der Waals surface area (Å²) in [6, 6.07) is 1.97. The molecule has 0 aliphatic carbocycles. The third-order valence-electron chi connectivity index (χ3n) is 4.18. The lowest BCUT2D eigenvalue weighted by atomic mass is 10.1. The SMILES string of the molecule is Cc1nsc(-c2nc(-c3ccncc3C)c3n2CCN(C=O)C3)n1. The number of fused-ring (bicyclic) bond motifs is 1. The summed E-state index contributed by atoms with van der Waals surface area (Å²) in [6.45, 7) is 5.82. The van der Waals surface area contributed by atoms with E-state index < -0.39 is 0 Å². The molecular weight excluding hydrogens is 324 g/mol. The van der Waals surface area contributed by atoms with Gasteiger partial charge in [0, 0.05) is 31.0 Å². The fourth-order valence-corrected chi connectivity index (χ4v) is 3.65. The number of rotatable bonds is 3. The van der Waals surface area contributed by atoms with E-state index in [-0.39, 0.29) is 0 Å². The van der Waals surface area contributed by atoms with Crippen molar-refractivity contribution in [3.05, 3.63) is 35.5 Å². The second kappa shape index (κ2) is 5.79. The summed E-state index contributed by atoms with van der Waals surface area (Å²) in [6.07, 6.45) is 4.49. The summed E-state index contributed by atoms with van der Waals surface area (Å²) in [5.74, 6) is 1.58. The molecule has 0 atom stereocenters. The number of carbonyl (C=O) groups is 1. The summed E-state index contributed by atoms with van der Waals surface area (Å²) in [7, 11) is 0. The normalized spacial score (nSPS) is 13.8. The third kappa shape index (κ3) is 2.39. The van der Waals surface area contributed by atoms with Gasteiger partial charge in [0.25, 0.3) is 0 Å². The van der Waals surface area contributed by atoms with Crippen LogP contribution in [0.15, 0.2) is 18.5 Å². The monoisotopic (exact) mass is 340 g/mol. The maximum Gasteiger partial charge on any atom is 0.210 e. The quantitative estimate of drug-likeness (QED) is 0.682.